The summed E-state index contributed by atoms with van der Waals surface area (Å²) in [7, 11) is 0. The minimum absolute atomic E-state index is 0.0759. The van der Waals surface area contributed by atoms with Crippen molar-refractivity contribution in [3.8, 4) is 5.75 Å². The number of benzene rings is 1. The van der Waals surface area contributed by atoms with Crippen molar-refractivity contribution in [2.45, 2.75) is 96.0 Å². The van der Waals surface area contributed by atoms with Crippen LogP contribution in [0.2, 0.25) is 0 Å². The van der Waals surface area contributed by atoms with Crippen molar-refractivity contribution in [1.29, 1.82) is 0 Å². The smallest absolute Gasteiger partial charge is 0.406 e. The van der Waals surface area contributed by atoms with Crippen LogP contribution in [0.15, 0.2) is 29.3 Å². The second kappa shape index (κ2) is 11.8. The molecule has 6 aliphatic rings. The fourth-order valence-corrected chi connectivity index (χ4v) is 7.58. The van der Waals surface area contributed by atoms with Gasteiger partial charge < -0.3 is 29.2 Å². The lowest BCUT2D eigenvalue weighted by atomic mass is 9.58. The summed E-state index contributed by atoms with van der Waals surface area (Å²) < 4.78 is 60.9. The van der Waals surface area contributed by atoms with Gasteiger partial charge in [-0.05, 0) is 81.5 Å². The normalized spacial score (nSPS) is 38.5. The first-order valence-corrected chi connectivity index (χ1v) is 15.3. The average molecular weight is 598 g/mol. The molecule has 234 valence electrons. The van der Waals surface area contributed by atoms with Gasteiger partial charge in [0.1, 0.15) is 5.75 Å². The van der Waals surface area contributed by atoms with Crippen molar-refractivity contribution in [3.63, 3.8) is 0 Å². The first kappa shape index (κ1) is 29.9. The summed E-state index contributed by atoms with van der Waals surface area (Å²) in [4.78, 5) is 19.1. The topological polar surface area (TPSA) is 83.0 Å². The fraction of sp³-hybridized carbons (Fsp3) is 0.767. The number of alkyl halides is 3. The van der Waals surface area contributed by atoms with Crippen LogP contribution >= 0.6 is 0 Å². The number of ether oxygens (including phenoxy) is 4. The van der Waals surface area contributed by atoms with Crippen molar-refractivity contribution in [1.82, 2.24) is 4.90 Å². The number of rotatable bonds is 6. The lowest BCUT2D eigenvalue weighted by molar-refractivity contribution is -0.577. The zero-order chi connectivity index (χ0) is 29.5. The van der Waals surface area contributed by atoms with Crippen molar-refractivity contribution in [2.75, 3.05) is 31.6 Å². The molecule has 5 aliphatic heterocycles. The summed E-state index contributed by atoms with van der Waals surface area (Å²) >= 11 is 0. The first-order chi connectivity index (χ1) is 20.1. The Morgan fingerprint density at radius 3 is 2.55 bits per heavy atom. The zero-order valence-electron chi connectivity index (χ0n) is 24.5. The van der Waals surface area contributed by atoms with Gasteiger partial charge in [-0.1, -0.05) is 13.8 Å². The molecule has 2 bridgehead atoms. The van der Waals surface area contributed by atoms with Gasteiger partial charge >= 0.3 is 6.36 Å². The van der Waals surface area contributed by atoms with E-state index in [9.17, 15) is 13.2 Å². The SMILES string of the molecule is C[C@H]1[C@@H](OCCN=C(Nc2ccc(OC(F)(F)F)cc2)N2CCCCC2)O[C@@H]2O[C@@]3(C)CC[C@H]4[C@H](C)CC[C@@H]1[C@@]24OO3. The Bertz CT molecular complexity index is 1120. The Morgan fingerprint density at radius 2 is 1.81 bits per heavy atom. The molecule has 1 aromatic rings. The van der Waals surface area contributed by atoms with E-state index in [4.69, 9.17) is 29.0 Å². The van der Waals surface area contributed by atoms with E-state index in [0.29, 0.717) is 36.6 Å². The van der Waals surface area contributed by atoms with Crippen molar-refractivity contribution in [3.05, 3.63) is 24.3 Å². The minimum Gasteiger partial charge on any atom is -0.406 e. The summed E-state index contributed by atoms with van der Waals surface area (Å²) in [5, 5.41) is 3.29. The van der Waals surface area contributed by atoms with Gasteiger partial charge in [-0.25, -0.2) is 9.78 Å². The van der Waals surface area contributed by atoms with Gasteiger partial charge in [-0.3, -0.25) is 4.99 Å². The van der Waals surface area contributed by atoms with Crippen LogP contribution in [0.1, 0.15) is 65.7 Å². The van der Waals surface area contributed by atoms with Crippen LogP contribution < -0.4 is 10.1 Å². The van der Waals surface area contributed by atoms with Gasteiger partial charge in [0.25, 0.3) is 0 Å². The molecule has 1 aliphatic carbocycles. The Hall–Kier alpha value is -2.12. The molecule has 0 unspecified atom stereocenters. The number of hydrogen-bond donors (Lipinski definition) is 1. The summed E-state index contributed by atoms with van der Waals surface area (Å²) in [5.74, 6) is 0.622. The second-order valence-corrected chi connectivity index (χ2v) is 12.6. The third-order valence-electron chi connectivity index (χ3n) is 9.73. The van der Waals surface area contributed by atoms with Crippen LogP contribution in [0.25, 0.3) is 0 Å². The van der Waals surface area contributed by atoms with Crippen LogP contribution in [0.3, 0.4) is 0 Å². The Morgan fingerprint density at radius 1 is 1.05 bits per heavy atom. The van der Waals surface area contributed by atoms with Gasteiger partial charge in [0, 0.05) is 37.0 Å². The van der Waals surface area contributed by atoms with Gasteiger partial charge in [0.2, 0.25) is 5.79 Å². The summed E-state index contributed by atoms with van der Waals surface area (Å²) in [6.07, 6.45) is 1.37. The lowest BCUT2D eigenvalue weighted by Gasteiger charge is -2.60. The molecule has 6 fully saturated rings. The summed E-state index contributed by atoms with van der Waals surface area (Å²) in [6, 6.07) is 5.68. The molecule has 0 radical (unpaired) electrons. The Balaban J connectivity index is 1.11. The number of anilines is 1. The maximum Gasteiger partial charge on any atom is 0.573 e. The number of hydrogen-bond acceptors (Lipinski definition) is 7. The van der Waals surface area contributed by atoms with Gasteiger partial charge in [-0.2, -0.15) is 0 Å². The van der Waals surface area contributed by atoms with Crippen LogP contribution in [-0.2, 0) is 24.0 Å². The highest BCUT2D eigenvalue weighted by atomic mass is 19.4. The van der Waals surface area contributed by atoms with Gasteiger partial charge in [0.15, 0.2) is 24.1 Å². The van der Waals surface area contributed by atoms with E-state index in [1.54, 1.807) is 12.1 Å². The standard InChI is InChI=1S/C30H42F3N3O6/c1-19-7-12-24-20(2)25(38-26-29(24)23(19)13-14-28(3,40-26)41-42-29)37-18-15-34-27(36-16-5-4-6-17-36)35-21-8-10-22(11-9-21)39-30(31,32)33/h8-11,19-20,23-26H,4-7,12-18H2,1-3H3,(H,34,35)/t19-,20-,23+,24+,25+,26-,28-,29-/m1/s1. The molecule has 42 heavy (non-hydrogen) atoms. The number of nitrogens with one attached hydrogen (secondary N) is 1. The number of guanidine groups is 1. The van der Waals surface area contributed by atoms with Crippen molar-refractivity contribution < 1.29 is 41.9 Å². The lowest BCUT2D eigenvalue weighted by Crippen LogP contribution is -2.70. The highest BCUT2D eigenvalue weighted by molar-refractivity contribution is 5.93. The van der Waals surface area contributed by atoms with Crippen molar-refractivity contribution >= 4 is 11.6 Å². The third kappa shape index (κ3) is 5.97. The predicted molar refractivity (Wildman–Crippen MR) is 147 cm³/mol. The summed E-state index contributed by atoms with van der Waals surface area (Å²) in [6.45, 7) is 8.80. The number of piperidine rings is 1. The highest BCUT2D eigenvalue weighted by Gasteiger charge is 2.69. The van der Waals surface area contributed by atoms with E-state index in [0.717, 1.165) is 58.0 Å². The molecule has 5 heterocycles. The molecule has 1 aromatic carbocycles. The molecule has 1 spiro atoms. The molecular weight excluding hydrogens is 555 g/mol. The predicted octanol–water partition coefficient (Wildman–Crippen LogP) is 6.06. The number of halogens is 3. The van der Waals surface area contributed by atoms with E-state index in [2.05, 4.69) is 28.8 Å². The largest absolute Gasteiger partial charge is 0.573 e. The molecule has 5 saturated heterocycles. The number of fused-ring (bicyclic) bond motifs is 2. The monoisotopic (exact) mass is 597 g/mol. The van der Waals surface area contributed by atoms with E-state index in [-0.39, 0.29) is 17.6 Å². The van der Waals surface area contributed by atoms with E-state index >= 15 is 0 Å². The molecule has 1 N–H and O–H groups in total. The number of likely N-dealkylation sites (tertiary alicyclic amines) is 1. The molecule has 8 atom stereocenters. The second-order valence-electron chi connectivity index (χ2n) is 12.6. The van der Waals surface area contributed by atoms with E-state index in [1.165, 1.54) is 12.1 Å². The first-order valence-electron chi connectivity index (χ1n) is 15.3. The molecular formula is C30H42F3N3O6. The summed E-state index contributed by atoms with van der Waals surface area (Å²) in [5.41, 5.74) is -0.00129. The minimum atomic E-state index is -4.73. The molecule has 9 nitrogen and oxygen atoms in total. The van der Waals surface area contributed by atoms with Gasteiger partial charge in [-0.15, -0.1) is 13.2 Å². The molecule has 12 heteroatoms. The fourth-order valence-electron chi connectivity index (χ4n) is 7.58. The quantitative estimate of drug-likeness (QED) is 0.183. The average Bonchev–Trinajstić information content (AvgIpc) is 3.19. The van der Waals surface area contributed by atoms with Crippen LogP contribution in [0.5, 0.6) is 5.75 Å². The maximum atomic E-state index is 12.6. The molecule has 7 rings (SSSR count). The number of nitrogens with zero attached hydrogens (tertiary/aromatic N) is 2. The highest BCUT2D eigenvalue weighted by Crippen LogP contribution is 2.60. The van der Waals surface area contributed by atoms with Crippen LogP contribution in [0.4, 0.5) is 18.9 Å². The Labute approximate surface area is 244 Å². The number of aliphatic imine (C=N–C) groups is 1. The zero-order valence-corrected chi connectivity index (χ0v) is 24.5. The molecule has 1 saturated carbocycles. The molecule has 0 amide bonds. The van der Waals surface area contributed by atoms with E-state index < -0.39 is 30.3 Å². The van der Waals surface area contributed by atoms with Gasteiger partial charge in [0.05, 0.1) is 13.2 Å². The maximum absolute atomic E-state index is 12.6. The van der Waals surface area contributed by atoms with Crippen LogP contribution in [0, 0.1) is 23.7 Å². The van der Waals surface area contributed by atoms with E-state index in [1.807, 2.05) is 6.92 Å². The molecule has 0 aromatic heterocycles. The Kier molecular flexibility index (Phi) is 8.38. The van der Waals surface area contributed by atoms with Crippen LogP contribution in [-0.4, -0.2) is 67.4 Å². The van der Waals surface area contributed by atoms with Crippen molar-refractivity contribution in [2.24, 2.45) is 28.7 Å². The third-order valence-corrected chi connectivity index (χ3v) is 9.73.